The second-order valence-corrected chi connectivity index (χ2v) is 14.7. The first-order chi connectivity index (χ1) is 19.4. The Kier molecular flexibility index (Phi) is 10.4. The normalized spacial score (nSPS) is 12.3. The molecule has 3 N–H and O–H groups in total. The van der Waals surface area contributed by atoms with Crippen molar-refractivity contribution in [3.05, 3.63) is 78.1 Å². The molecule has 13 nitrogen and oxygen atoms in total. The molecule has 0 saturated heterocycles. The number of pyridine rings is 1. The van der Waals surface area contributed by atoms with Gasteiger partial charge in [-0.3, -0.25) is 4.72 Å². The molecule has 0 amide bonds. The van der Waals surface area contributed by atoms with Crippen LogP contribution in [-0.2, 0) is 20.0 Å². The van der Waals surface area contributed by atoms with Crippen LogP contribution in [0.3, 0.4) is 0 Å². The zero-order valence-electron chi connectivity index (χ0n) is 22.8. The Labute approximate surface area is 249 Å². The Balaban J connectivity index is 0.000000892. The van der Waals surface area contributed by atoms with Crippen molar-refractivity contribution in [3.63, 3.8) is 0 Å². The highest BCUT2D eigenvalue weighted by Crippen LogP contribution is 2.28. The Morgan fingerprint density at radius 1 is 0.810 bits per heavy atom. The van der Waals surface area contributed by atoms with Gasteiger partial charge >= 0.3 is 0 Å². The Morgan fingerprint density at radius 2 is 1.31 bits per heavy atom. The number of nitrogens with one attached hydrogen (secondary N) is 1. The van der Waals surface area contributed by atoms with Gasteiger partial charge in [0.15, 0.2) is 11.4 Å². The number of hydrogen-bond donors (Lipinski definition) is 2. The fourth-order valence-electron chi connectivity index (χ4n) is 3.90. The summed E-state index contributed by atoms with van der Waals surface area (Å²) < 4.78 is 86.6. The molecule has 4 rings (SSSR count). The van der Waals surface area contributed by atoms with E-state index < -0.39 is 34.6 Å². The quantitative estimate of drug-likeness (QED) is 0.229. The lowest BCUT2D eigenvalue weighted by molar-refractivity contribution is -2.00. The van der Waals surface area contributed by atoms with Crippen molar-refractivity contribution in [2.45, 2.75) is 48.8 Å². The summed E-state index contributed by atoms with van der Waals surface area (Å²) in [6.07, 6.45) is 0. The summed E-state index contributed by atoms with van der Waals surface area (Å²) in [5.74, 6) is 0.410. The summed E-state index contributed by atoms with van der Waals surface area (Å²) in [6.45, 7) is 8.52. The van der Waals surface area contributed by atoms with Crippen LogP contribution < -0.4 is 33.1 Å². The molecule has 0 aliphatic heterocycles. The molecule has 0 aliphatic rings. The van der Waals surface area contributed by atoms with E-state index in [0.29, 0.717) is 11.3 Å². The van der Waals surface area contributed by atoms with Crippen LogP contribution in [0, 0.1) is 10.2 Å². The van der Waals surface area contributed by atoms with Gasteiger partial charge in [-0.1, -0.05) is 69.4 Å². The smallest absolute Gasteiger partial charge is 0.253 e. The highest BCUT2D eigenvalue weighted by atomic mass is 35.7. The van der Waals surface area contributed by atoms with Gasteiger partial charge in [0.2, 0.25) is 15.2 Å². The van der Waals surface area contributed by atoms with E-state index in [1.165, 1.54) is 12.1 Å². The van der Waals surface area contributed by atoms with E-state index in [-0.39, 0.29) is 21.9 Å². The van der Waals surface area contributed by atoms with Gasteiger partial charge < -0.3 is 0 Å². The summed E-state index contributed by atoms with van der Waals surface area (Å²) in [6, 6.07) is 21.1. The van der Waals surface area contributed by atoms with Gasteiger partial charge in [0.1, 0.15) is 0 Å². The third-order valence-electron chi connectivity index (χ3n) is 5.69. The molecule has 0 aliphatic carbocycles. The molecule has 0 bridgehead atoms. The number of nitrogens with two attached hydrogens (primary N) is 1. The number of rotatable bonds is 8. The number of halogens is 1. The van der Waals surface area contributed by atoms with E-state index in [0.717, 1.165) is 28.2 Å². The van der Waals surface area contributed by atoms with E-state index in [1.807, 2.05) is 18.2 Å². The maximum Gasteiger partial charge on any atom is 0.267 e. The molecule has 4 aromatic rings. The minimum Gasteiger partial charge on any atom is -0.253 e. The molecular weight excluding hydrogens is 630 g/mol. The van der Waals surface area contributed by atoms with Gasteiger partial charge in [-0.15, -0.1) is 20.4 Å². The van der Waals surface area contributed by atoms with Crippen LogP contribution in [0.15, 0.2) is 76.0 Å². The molecule has 0 fully saturated rings. The second kappa shape index (κ2) is 13.1. The number of aromatic nitrogens is 3. The summed E-state index contributed by atoms with van der Waals surface area (Å²) in [4.78, 5) is 0.00213. The van der Waals surface area contributed by atoms with Crippen molar-refractivity contribution >= 4 is 36.5 Å². The number of nitrogens with zero attached hydrogens (tertiary/aromatic N) is 3. The zero-order valence-corrected chi connectivity index (χ0v) is 26.0. The minimum atomic E-state index is -4.94. The van der Waals surface area contributed by atoms with Crippen molar-refractivity contribution in [1.29, 1.82) is 0 Å². The van der Waals surface area contributed by atoms with Gasteiger partial charge in [0.25, 0.3) is 20.0 Å². The van der Waals surface area contributed by atoms with E-state index in [4.69, 9.17) is 23.8 Å². The van der Waals surface area contributed by atoms with E-state index in [1.54, 1.807) is 12.1 Å². The average molecular weight is 658 g/mol. The van der Waals surface area contributed by atoms with Crippen LogP contribution in [0.1, 0.15) is 50.9 Å². The first-order valence-corrected chi connectivity index (χ1v) is 17.2. The molecule has 42 heavy (non-hydrogen) atoms. The predicted octanol–water partition coefficient (Wildman–Crippen LogP) is -0.579. The molecule has 17 heteroatoms. The summed E-state index contributed by atoms with van der Waals surface area (Å²) in [5.41, 5.74) is 5.29. The molecule has 0 radical (unpaired) electrons. The highest BCUT2D eigenvalue weighted by Gasteiger charge is 2.27. The molecular formula is C25H28ClN5O8S3. The first kappa shape index (κ1) is 33.4. The lowest BCUT2D eigenvalue weighted by Crippen LogP contribution is -2.68. The minimum absolute atomic E-state index is 0.00213. The van der Waals surface area contributed by atoms with Gasteiger partial charge in [-0.05, 0) is 23.3 Å². The van der Waals surface area contributed by atoms with Gasteiger partial charge in [0, 0.05) is 36.1 Å². The Morgan fingerprint density at radius 3 is 1.74 bits per heavy atom. The molecule has 0 atom stereocenters. The van der Waals surface area contributed by atoms with Gasteiger partial charge in [-0.2, -0.15) is 4.57 Å². The lowest BCUT2D eigenvalue weighted by Gasteiger charge is -2.17. The Hall–Kier alpha value is -3.06. The van der Waals surface area contributed by atoms with Crippen molar-refractivity contribution in [2.24, 2.45) is 5.14 Å². The third-order valence-corrected chi connectivity index (χ3v) is 9.32. The summed E-state index contributed by atoms with van der Waals surface area (Å²) >= 11 is 0.542. The first-order valence-electron chi connectivity index (χ1n) is 12.1. The molecule has 0 spiro atoms. The van der Waals surface area contributed by atoms with E-state index in [2.05, 4.69) is 71.4 Å². The number of hydrogen-bond acceptors (Lipinski definition) is 11. The van der Waals surface area contributed by atoms with Crippen LogP contribution in [-0.4, -0.2) is 27.0 Å². The number of primary sulfonamides is 1. The third kappa shape index (κ3) is 8.97. The molecule has 0 saturated carbocycles. The van der Waals surface area contributed by atoms with E-state index in [9.17, 15) is 16.8 Å². The molecule has 2 aromatic heterocycles. The van der Waals surface area contributed by atoms with Crippen LogP contribution >= 0.6 is 11.3 Å². The summed E-state index contributed by atoms with van der Waals surface area (Å²) in [5, 5.41) is 11.8. The van der Waals surface area contributed by atoms with Crippen LogP contribution in [0.2, 0.25) is 0 Å². The topological polar surface area (TPSA) is 228 Å². The van der Waals surface area contributed by atoms with E-state index >= 15 is 0 Å². The number of benzene rings is 2. The monoisotopic (exact) mass is 657 g/mol. The largest absolute Gasteiger partial charge is 0.267 e. The molecule has 2 aromatic carbocycles. The zero-order chi connectivity index (χ0) is 31.5. The van der Waals surface area contributed by atoms with Crippen molar-refractivity contribution in [3.8, 4) is 16.8 Å². The van der Waals surface area contributed by atoms with Crippen LogP contribution in [0.25, 0.3) is 16.8 Å². The summed E-state index contributed by atoms with van der Waals surface area (Å²) in [7, 11) is -13.0. The molecule has 2 heterocycles. The fourth-order valence-corrected chi connectivity index (χ4v) is 6.46. The molecule has 226 valence electrons. The number of sulfonamides is 2. The highest BCUT2D eigenvalue weighted by molar-refractivity contribution is 7.93. The average Bonchev–Trinajstić information content (AvgIpc) is 3.36. The van der Waals surface area contributed by atoms with Crippen molar-refractivity contribution < 1.29 is 50.3 Å². The maximum atomic E-state index is 12.9. The number of anilines is 1. The lowest BCUT2D eigenvalue weighted by atomic mass is 9.96. The predicted molar refractivity (Wildman–Crippen MR) is 144 cm³/mol. The molecule has 0 unspecified atom stereocenters. The van der Waals surface area contributed by atoms with Crippen molar-refractivity contribution in [1.82, 2.24) is 10.2 Å². The van der Waals surface area contributed by atoms with Gasteiger partial charge in [0.05, 0.1) is 4.90 Å². The van der Waals surface area contributed by atoms with Crippen molar-refractivity contribution in [2.75, 3.05) is 4.72 Å². The standard InChI is InChI=1S/C25H28N5O4S3.ClHO4/c1-16(2)22-14-19(18-8-6-5-7-9-18)15-23(17(3)4)30(22)20-10-12-21(13-11-20)37(33,34)29-24-27-28-25(35-24)36(26,31)32;2-1(3,4)5/h5-17H,1-4H3,(H,27,29)(H2,26,31,32);(H,2,3,4,5)/q+1;/p-1. The fraction of sp³-hybridized carbons (Fsp3) is 0.240. The Bertz CT molecular complexity index is 1710. The van der Waals surface area contributed by atoms with Crippen LogP contribution in [0.4, 0.5) is 5.13 Å². The van der Waals surface area contributed by atoms with Crippen LogP contribution in [0.5, 0.6) is 0 Å². The second-order valence-electron chi connectivity index (χ2n) is 9.50. The SMILES string of the molecule is CC(C)c1cc(-c2ccccc2)cc(C(C)C)[n+]1-c1ccc(S(=O)(=O)Nc2nnc(S(N)(=O)=O)s2)cc1.[O-][Cl+3]([O-])([O-])[O-]. The van der Waals surface area contributed by atoms with Gasteiger partial charge in [-0.25, -0.2) is 40.6 Å². The maximum absolute atomic E-state index is 12.9.